The summed E-state index contributed by atoms with van der Waals surface area (Å²) in [6, 6.07) is 13.5. The second-order valence-corrected chi connectivity index (χ2v) is 5.40. The summed E-state index contributed by atoms with van der Waals surface area (Å²) in [4.78, 5) is 22.0. The van der Waals surface area contributed by atoms with E-state index in [1.165, 1.54) is 12.1 Å². The largest absolute Gasteiger partial charge is 0.326 e. The molecule has 0 saturated heterocycles. The maximum absolute atomic E-state index is 11.9. The maximum atomic E-state index is 11.9. The van der Waals surface area contributed by atoms with Crippen LogP contribution in [0.2, 0.25) is 0 Å². The summed E-state index contributed by atoms with van der Waals surface area (Å²) in [6.45, 7) is 0. The van der Waals surface area contributed by atoms with E-state index < -0.39 is 4.92 Å². The van der Waals surface area contributed by atoms with Crippen LogP contribution >= 0.6 is 22.6 Å². The van der Waals surface area contributed by atoms with Gasteiger partial charge in [-0.3, -0.25) is 14.9 Å². The van der Waals surface area contributed by atoms with E-state index in [2.05, 4.69) is 27.9 Å². The fourth-order valence-electron chi connectivity index (χ4n) is 1.69. The lowest BCUT2D eigenvalue weighted by Gasteiger charge is -2.05. The van der Waals surface area contributed by atoms with Gasteiger partial charge in [0.25, 0.3) is 5.69 Å². The Morgan fingerprint density at radius 1 is 1.20 bits per heavy atom. The van der Waals surface area contributed by atoms with Gasteiger partial charge in [-0.05, 0) is 46.4 Å². The van der Waals surface area contributed by atoms with E-state index in [4.69, 9.17) is 0 Å². The molecule has 20 heavy (non-hydrogen) atoms. The van der Waals surface area contributed by atoms with Gasteiger partial charge >= 0.3 is 0 Å². The molecular formula is C14H11IN2O3. The van der Waals surface area contributed by atoms with E-state index in [1.807, 2.05) is 24.3 Å². The van der Waals surface area contributed by atoms with Crippen LogP contribution in [0.5, 0.6) is 0 Å². The molecule has 1 N–H and O–H groups in total. The molecule has 0 radical (unpaired) electrons. The van der Waals surface area contributed by atoms with Crippen molar-refractivity contribution in [2.45, 2.75) is 6.42 Å². The van der Waals surface area contributed by atoms with Crippen molar-refractivity contribution < 1.29 is 9.72 Å². The number of nitrogens with one attached hydrogen (secondary N) is 1. The fourth-order valence-corrected chi connectivity index (χ4v) is 2.05. The highest BCUT2D eigenvalue weighted by Gasteiger charge is 2.08. The zero-order valence-corrected chi connectivity index (χ0v) is 12.5. The van der Waals surface area contributed by atoms with E-state index in [9.17, 15) is 14.9 Å². The van der Waals surface area contributed by atoms with Crippen LogP contribution in [0.4, 0.5) is 11.4 Å². The van der Waals surface area contributed by atoms with Crippen LogP contribution in [-0.4, -0.2) is 10.8 Å². The number of nitro groups is 1. The van der Waals surface area contributed by atoms with Gasteiger partial charge in [-0.15, -0.1) is 0 Å². The average Bonchev–Trinajstić information content (AvgIpc) is 2.41. The van der Waals surface area contributed by atoms with Crippen molar-refractivity contribution in [2.24, 2.45) is 0 Å². The summed E-state index contributed by atoms with van der Waals surface area (Å²) in [5.74, 6) is -0.202. The number of carbonyl (C=O) groups is 1. The van der Waals surface area contributed by atoms with Crippen LogP contribution in [-0.2, 0) is 11.2 Å². The van der Waals surface area contributed by atoms with E-state index in [1.54, 1.807) is 12.1 Å². The summed E-state index contributed by atoms with van der Waals surface area (Å²) in [5.41, 5.74) is 1.28. The highest BCUT2D eigenvalue weighted by atomic mass is 127. The number of halogens is 1. The van der Waals surface area contributed by atoms with Gasteiger partial charge in [-0.2, -0.15) is 0 Å². The molecule has 0 fully saturated rings. The maximum Gasteiger partial charge on any atom is 0.271 e. The zero-order valence-electron chi connectivity index (χ0n) is 10.4. The third-order valence-corrected chi connectivity index (χ3v) is 3.34. The molecule has 0 aliphatic carbocycles. The Hall–Kier alpha value is -1.96. The zero-order chi connectivity index (χ0) is 14.5. The second-order valence-electron chi connectivity index (χ2n) is 4.16. The molecular weight excluding hydrogens is 371 g/mol. The topological polar surface area (TPSA) is 72.2 Å². The van der Waals surface area contributed by atoms with Crippen LogP contribution < -0.4 is 5.32 Å². The third kappa shape index (κ3) is 4.02. The molecule has 0 atom stereocenters. The minimum atomic E-state index is -0.491. The fraction of sp³-hybridized carbons (Fsp3) is 0.0714. The second kappa shape index (κ2) is 6.47. The Kier molecular flexibility index (Phi) is 4.67. The molecule has 1 amide bonds. The lowest BCUT2D eigenvalue weighted by atomic mass is 10.1. The predicted molar refractivity (Wildman–Crippen MR) is 84.6 cm³/mol. The molecule has 0 aliphatic heterocycles. The van der Waals surface area contributed by atoms with Gasteiger partial charge in [0.2, 0.25) is 5.91 Å². The summed E-state index contributed by atoms with van der Waals surface area (Å²) < 4.78 is 1.10. The van der Waals surface area contributed by atoms with Gasteiger partial charge < -0.3 is 5.32 Å². The van der Waals surface area contributed by atoms with E-state index in [0.717, 1.165) is 9.13 Å². The van der Waals surface area contributed by atoms with Gasteiger partial charge in [0.15, 0.2) is 0 Å². The summed E-state index contributed by atoms with van der Waals surface area (Å²) in [6.07, 6.45) is 0.236. The van der Waals surface area contributed by atoms with Crippen LogP contribution in [0.25, 0.3) is 0 Å². The number of amides is 1. The molecule has 0 spiro atoms. The van der Waals surface area contributed by atoms with E-state index in [0.29, 0.717) is 5.69 Å². The lowest BCUT2D eigenvalue weighted by Crippen LogP contribution is -2.14. The average molecular weight is 382 g/mol. The molecule has 102 valence electrons. The van der Waals surface area contributed by atoms with Crippen molar-refractivity contribution in [3.05, 3.63) is 67.8 Å². The minimum Gasteiger partial charge on any atom is -0.326 e. The molecule has 0 unspecified atom stereocenters. The molecule has 2 rings (SSSR count). The predicted octanol–water partition coefficient (Wildman–Crippen LogP) is 3.38. The standard InChI is InChI=1S/C14H11IN2O3/c15-11-6-4-10(5-7-11)8-14(18)16-12-2-1-3-13(9-12)17(19)20/h1-7,9H,8H2,(H,16,18). The van der Waals surface area contributed by atoms with E-state index in [-0.39, 0.29) is 18.0 Å². The number of benzene rings is 2. The van der Waals surface area contributed by atoms with Crippen molar-refractivity contribution >= 4 is 39.9 Å². The van der Waals surface area contributed by atoms with Gasteiger partial charge in [0.1, 0.15) is 0 Å². The molecule has 5 nitrogen and oxygen atoms in total. The molecule has 2 aromatic rings. The summed E-state index contributed by atoms with van der Waals surface area (Å²) in [5, 5.41) is 13.3. The van der Waals surface area contributed by atoms with Crippen LogP contribution in [0, 0.1) is 13.7 Å². The summed E-state index contributed by atoms with van der Waals surface area (Å²) >= 11 is 2.19. The number of anilines is 1. The monoisotopic (exact) mass is 382 g/mol. The molecule has 0 aromatic heterocycles. The van der Waals surface area contributed by atoms with Crippen molar-refractivity contribution in [3.8, 4) is 0 Å². The molecule has 0 bridgehead atoms. The highest BCUT2D eigenvalue weighted by molar-refractivity contribution is 14.1. The van der Waals surface area contributed by atoms with Crippen LogP contribution in [0.1, 0.15) is 5.56 Å². The number of rotatable bonds is 4. The third-order valence-electron chi connectivity index (χ3n) is 2.62. The van der Waals surface area contributed by atoms with Crippen LogP contribution in [0.15, 0.2) is 48.5 Å². The van der Waals surface area contributed by atoms with Gasteiger partial charge in [-0.1, -0.05) is 18.2 Å². The first-order chi connectivity index (χ1) is 9.54. The van der Waals surface area contributed by atoms with Gasteiger partial charge in [0.05, 0.1) is 11.3 Å². The van der Waals surface area contributed by atoms with Crippen LogP contribution in [0.3, 0.4) is 0 Å². The Balaban J connectivity index is 2.02. The van der Waals surface area contributed by atoms with Gasteiger partial charge in [-0.25, -0.2) is 0 Å². The first-order valence-corrected chi connectivity index (χ1v) is 6.91. The van der Waals surface area contributed by atoms with Crippen molar-refractivity contribution in [1.82, 2.24) is 0 Å². The number of non-ortho nitro benzene ring substituents is 1. The first-order valence-electron chi connectivity index (χ1n) is 5.83. The van der Waals surface area contributed by atoms with Crippen molar-refractivity contribution in [3.63, 3.8) is 0 Å². The number of nitrogens with zero attached hydrogens (tertiary/aromatic N) is 1. The quantitative estimate of drug-likeness (QED) is 0.501. The molecule has 6 heteroatoms. The molecule has 2 aromatic carbocycles. The Morgan fingerprint density at radius 3 is 2.55 bits per heavy atom. The smallest absolute Gasteiger partial charge is 0.271 e. The van der Waals surface area contributed by atoms with Crippen molar-refractivity contribution in [2.75, 3.05) is 5.32 Å². The Bertz CT molecular complexity index is 641. The van der Waals surface area contributed by atoms with E-state index >= 15 is 0 Å². The summed E-state index contributed by atoms with van der Waals surface area (Å²) in [7, 11) is 0. The number of carbonyl (C=O) groups excluding carboxylic acids is 1. The normalized spacial score (nSPS) is 10.1. The van der Waals surface area contributed by atoms with Gasteiger partial charge in [0, 0.05) is 21.4 Å². The number of hydrogen-bond acceptors (Lipinski definition) is 3. The Morgan fingerprint density at radius 2 is 1.90 bits per heavy atom. The molecule has 0 aliphatic rings. The molecule has 0 saturated carbocycles. The highest BCUT2D eigenvalue weighted by Crippen LogP contribution is 2.17. The first kappa shape index (κ1) is 14.4. The number of nitro benzene ring substituents is 1. The SMILES string of the molecule is O=C(Cc1ccc(I)cc1)Nc1cccc([N+](=O)[O-])c1. The number of hydrogen-bond donors (Lipinski definition) is 1. The van der Waals surface area contributed by atoms with Crippen molar-refractivity contribution in [1.29, 1.82) is 0 Å². The molecule has 0 heterocycles. The lowest BCUT2D eigenvalue weighted by molar-refractivity contribution is -0.384. The Labute approximate surface area is 129 Å². The minimum absolute atomic E-state index is 0.0444.